The van der Waals surface area contributed by atoms with Crippen molar-refractivity contribution in [1.29, 1.82) is 0 Å². The Morgan fingerprint density at radius 3 is 2.78 bits per heavy atom. The standard InChI is InChI=1S/C16H19N3O4/c20-14(18-23)9-8-12-5-1-2-6-13(12)17-15(21)11-19-10-4-3-7-16(19)22/h1-2,5-6,8-9,23H,3-4,7,10-11H2,(H,17,21)(H,18,20)/b9-8+. The summed E-state index contributed by atoms with van der Waals surface area (Å²) in [6.07, 6.45) is 4.90. The first kappa shape index (κ1) is 16.7. The van der Waals surface area contributed by atoms with Crippen molar-refractivity contribution in [2.24, 2.45) is 0 Å². The number of anilines is 1. The molecule has 23 heavy (non-hydrogen) atoms. The smallest absolute Gasteiger partial charge is 0.267 e. The van der Waals surface area contributed by atoms with E-state index in [9.17, 15) is 14.4 Å². The van der Waals surface area contributed by atoms with Crippen molar-refractivity contribution in [3.05, 3.63) is 35.9 Å². The van der Waals surface area contributed by atoms with Gasteiger partial charge in [0, 0.05) is 24.7 Å². The fourth-order valence-corrected chi connectivity index (χ4v) is 2.35. The Balaban J connectivity index is 2.01. The normalized spacial score (nSPS) is 14.8. The largest absolute Gasteiger partial charge is 0.333 e. The summed E-state index contributed by atoms with van der Waals surface area (Å²) >= 11 is 0. The molecule has 122 valence electrons. The van der Waals surface area contributed by atoms with Gasteiger partial charge in [0.1, 0.15) is 0 Å². The maximum absolute atomic E-state index is 12.1. The number of nitrogens with one attached hydrogen (secondary N) is 2. The third kappa shape index (κ3) is 4.93. The summed E-state index contributed by atoms with van der Waals surface area (Å²) in [6, 6.07) is 6.95. The third-order valence-corrected chi connectivity index (χ3v) is 3.52. The number of carbonyl (C=O) groups is 3. The van der Waals surface area contributed by atoms with Gasteiger partial charge in [-0.15, -0.1) is 0 Å². The predicted molar refractivity (Wildman–Crippen MR) is 84.5 cm³/mol. The molecule has 7 nitrogen and oxygen atoms in total. The molecule has 0 unspecified atom stereocenters. The lowest BCUT2D eigenvalue weighted by Crippen LogP contribution is -2.40. The molecular formula is C16H19N3O4. The summed E-state index contributed by atoms with van der Waals surface area (Å²) in [5.41, 5.74) is 2.65. The van der Waals surface area contributed by atoms with Gasteiger partial charge in [-0.25, -0.2) is 5.48 Å². The second-order valence-corrected chi connectivity index (χ2v) is 5.22. The van der Waals surface area contributed by atoms with Crippen molar-refractivity contribution in [3.8, 4) is 0 Å². The van der Waals surface area contributed by atoms with Gasteiger partial charge in [0.2, 0.25) is 11.8 Å². The van der Waals surface area contributed by atoms with Crippen LogP contribution in [0.1, 0.15) is 24.8 Å². The Morgan fingerprint density at radius 2 is 2.04 bits per heavy atom. The zero-order valence-electron chi connectivity index (χ0n) is 12.6. The highest BCUT2D eigenvalue weighted by Gasteiger charge is 2.20. The van der Waals surface area contributed by atoms with Crippen molar-refractivity contribution < 1.29 is 19.6 Å². The molecule has 2 rings (SSSR count). The van der Waals surface area contributed by atoms with Crippen molar-refractivity contribution in [3.63, 3.8) is 0 Å². The van der Waals surface area contributed by atoms with Gasteiger partial charge in [0.05, 0.1) is 6.54 Å². The first-order valence-electron chi connectivity index (χ1n) is 7.39. The van der Waals surface area contributed by atoms with Gasteiger partial charge in [0.25, 0.3) is 5.91 Å². The summed E-state index contributed by atoms with van der Waals surface area (Å²) in [5.74, 6) is -0.947. The lowest BCUT2D eigenvalue weighted by atomic mass is 10.1. The molecule has 1 saturated heterocycles. The number of carbonyl (C=O) groups excluding carboxylic acids is 3. The Morgan fingerprint density at radius 1 is 1.26 bits per heavy atom. The number of amides is 3. The monoisotopic (exact) mass is 317 g/mol. The van der Waals surface area contributed by atoms with Crippen molar-refractivity contribution >= 4 is 29.5 Å². The van der Waals surface area contributed by atoms with Gasteiger partial charge in [-0.2, -0.15) is 0 Å². The molecule has 0 aliphatic carbocycles. The molecule has 0 atom stereocenters. The maximum Gasteiger partial charge on any atom is 0.267 e. The number of piperidine rings is 1. The highest BCUT2D eigenvalue weighted by atomic mass is 16.5. The van der Waals surface area contributed by atoms with Crippen molar-refractivity contribution in [1.82, 2.24) is 10.4 Å². The molecule has 3 N–H and O–H groups in total. The van der Waals surface area contributed by atoms with Crippen LogP contribution in [0.25, 0.3) is 6.08 Å². The average molecular weight is 317 g/mol. The number of hydrogen-bond donors (Lipinski definition) is 3. The van der Waals surface area contributed by atoms with Crippen LogP contribution in [0.4, 0.5) is 5.69 Å². The third-order valence-electron chi connectivity index (χ3n) is 3.52. The van der Waals surface area contributed by atoms with Gasteiger partial charge < -0.3 is 10.2 Å². The highest BCUT2D eigenvalue weighted by Crippen LogP contribution is 2.17. The zero-order chi connectivity index (χ0) is 16.7. The molecule has 3 amide bonds. The molecule has 1 aliphatic rings. The van der Waals surface area contributed by atoms with Crippen molar-refractivity contribution in [2.75, 3.05) is 18.4 Å². The summed E-state index contributed by atoms with van der Waals surface area (Å²) < 4.78 is 0. The maximum atomic E-state index is 12.1. The lowest BCUT2D eigenvalue weighted by Gasteiger charge is -2.26. The van der Waals surface area contributed by atoms with E-state index in [-0.39, 0.29) is 18.4 Å². The topological polar surface area (TPSA) is 98.7 Å². The summed E-state index contributed by atoms with van der Waals surface area (Å²) in [5, 5.41) is 11.2. The van der Waals surface area contributed by atoms with Crippen LogP contribution in [0.15, 0.2) is 30.3 Å². The SMILES string of the molecule is O=C(/C=C/c1ccccc1NC(=O)CN1CCCCC1=O)NO. The molecule has 1 heterocycles. The number of benzene rings is 1. The molecule has 1 fully saturated rings. The Hall–Kier alpha value is -2.67. The molecule has 7 heteroatoms. The second-order valence-electron chi connectivity index (χ2n) is 5.22. The van der Waals surface area contributed by atoms with Gasteiger partial charge in [-0.1, -0.05) is 18.2 Å². The molecule has 0 bridgehead atoms. The van der Waals surface area contributed by atoms with E-state index in [4.69, 9.17) is 5.21 Å². The van der Waals surface area contributed by atoms with E-state index in [0.717, 1.165) is 18.9 Å². The van der Waals surface area contributed by atoms with E-state index in [2.05, 4.69) is 5.32 Å². The van der Waals surface area contributed by atoms with Crippen LogP contribution in [0.3, 0.4) is 0 Å². The van der Waals surface area contributed by atoms with E-state index in [1.165, 1.54) is 11.6 Å². The van der Waals surface area contributed by atoms with Crippen molar-refractivity contribution in [2.45, 2.75) is 19.3 Å². The summed E-state index contributed by atoms with van der Waals surface area (Å²) in [7, 11) is 0. The fourth-order valence-electron chi connectivity index (χ4n) is 2.35. The minimum Gasteiger partial charge on any atom is -0.333 e. The van der Waals surface area contributed by atoms with E-state index in [0.29, 0.717) is 24.2 Å². The van der Waals surface area contributed by atoms with Crippen LogP contribution in [0.2, 0.25) is 0 Å². The number of hydroxylamine groups is 1. The molecule has 1 aromatic rings. The van der Waals surface area contributed by atoms with Gasteiger partial charge >= 0.3 is 0 Å². The van der Waals surface area contributed by atoms with E-state index >= 15 is 0 Å². The number of rotatable bonds is 5. The van der Waals surface area contributed by atoms with Gasteiger partial charge in [-0.3, -0.25) is 19.6 Å². The van der Waals surface area contributed by atoms with Crippen LogP contribution in [-0.4, -0.2) is 40.9 Å². The Bertz CT molecular complexity index is 628. The van der Waals surface area contributed by atoms with Crippen LogP contribution >= 0.6 is 0 Å². The Labute approximate surface area is 133 Å². The van der Waals surface area contributed by atoms with Crippen LogP contribution in [-0.2, 0) is 14.4 Å². The number of hydrogen-bond acceptors (Lipinski definition) is 4. The number of para-hydroxylation sites is 1. The van der Waals surface area contributed by atoms with Crippen LogP contribution < -0.4 is 10.8 Å². The Kier molecular flexibility index (Phi) is 5.87. The molecule has 0 radical (unpaired) electrons. The minimum absolute atomic E-state index is 0.000743. The highest BCUT2D eigenvalue weighted by molar-refractivity contribution is 5.97. The fraction of sp³-hybridized carbons (Fsp3) is 0.312. The molecule has 1 aromatic carbocycles. The van der Waals surface area contributed by atoms with E-state index in [1.807, 2.05) is 0 Å². The van der Waals surface area contributed by atoms with Gasteiger partial charge in [-0.05, 0) is 30.5 Å². The molecular weight excluding hydrogens is 298 g/mol. The quantitative estimate of drug-likeness (QED) is 0.431. The first-order chi connectivity index (χ1) is 11.1. The molecule has 0 aromatic heterocycles. The summed E-state index contributed by atoms with van der Waals surface area (Å²) in [4.78, 5) is 36.4. The summed E-state index contributed by atoms with van der Waals surface area (Å²) in [6.45, 7) is 0.623. The van der Waals surface area contributed by atoms with E-state index < -0.39 is 5.91 Å². The molecule has 1 aliphatic heterocycles. The minimum atomic E-state index is -0.662. The molecule has 0 saturated carbocycles. The van der Waals surface area contributed by atoms with Crippen LogP contribution in [0, 0.1) is 0 Å². The van der Waals surface area contributed by atoms with E-state index in [1.54, 1.807) is 29.2 Å². The second kappa shape index (κ2) is 8.09. The lowest BCUT2D eigenvalue weighted by molar-refractivity contribution is -0.136. The average Bonchev–Trinajstić information content (AvgIpc) is 2.56. The number of nitrogens with zero attached hydrogens (tertiary/aromatic N) is 1. The predicted octanol–water partition coefficient (Wildman–Crippen LogP) is 1.16. The first-order valence-corrected chi connectivity index (χ1v) is 7.39. The zero-order valence-corrected chi connectivity index (χ0v) is 12.6. The van der Waals surface area contributed by atoms with Gasteiger partial charge in [0.15, 0.2) is 0 Å². The number of likely N-dealkylation sites (tertiary alicyclic amines) is 1. The molecule has 0 spiro atoms. The van der Waals surface area contributed by atoms with Crippen LogP contribution in [0.5, 0.6) is 0 Å².